The first-order chi connectivity index (χ1) is 9.04. The standard InChI is InChI=1S/C12H23N3O5/c1-12(2,3)20-11(19)15(4)8(9(16)17)6-5-7-14-10(13)18/h8H,5-7H2,1-4H3,(H,16,17)(H3,13,14,18)/t8-/m0/s1. The Kier molecular flexibility index (Phi) is 6.81. The van der Waals surface area contributed by atoms with Gasteiger partial charge in [-0.05, 0) is 33.6 Å². The normalized spacial score (nSPS) is 12.4. The highest BCUT2D eigenvalue weighted by molar-refractivity contribution is 5.80. The molecule has 20 heavy (non-hydrogen) atoms. The number of rotatable bonds is 6. The van der Waals surface area contributed by atoms with Crippen LogP contribution in [-0.4, -0.2) is 53.3 Å². The van der Waals surface area contributed by atoms with E-state index in [1.807, 2.05) is 0 Å². The summed E-state index contributed by atoms with van der Waals surface area (Å²) in [6, 6.07) is -1.68. The number of aliphatic carboxylic acids is 1. The number of hydrogen-bond donors (Lipinski definition) is 3. The number of carbonyl (C=O) groups excluding carboxylic acids is 2. The van der Waals surface area contributed by atoms with Gasteiger partial charge in [-0.15, -0.1) is 0 Å². The molecule has 3 amide bonds. The molecule has 0 saturated heterocycles. The zero-order valence-electron chi connectivity index (χ0n) is 12.3. The molecular formula is C12H23N3O5. The number of amides is 3. The number of carboxylic acid groups (broad SMARTS) is 1. The summed E-state index contributed by atoms with van der Waals surface area (Å²) in [5, 5.41) is 11.5. The minimum atomic E-state index is -1.13. The summed E-state index contributed by atoms with van der Waals surface area (Å²) in [6.07, 6.45) is -0.133. The van der Waals surface area contributed by atoms with Crippen LogP contribution < -0.4 is 11.1 Å². The molecule has 0 radical (unpaired) electrons. The first kappa shape index (κ1) is 18.0. The number of carboxylic acids is 1. The summed E-state index contributed by atoms with van der Waals surface area (Å²) in [5.41, 5.74) is 4.20. The third-order valence-electron chi connectivity index (χ3n) is 2.39. The van der Waals surface area contributed by atoms with Crippen LogP contribution in [0.4, 0.5) is 9.59 Å². The Bertz CT molecular complexity index is 365. The van der Waals surface area contributed by atoms with Crippen LogP contribution in [0.1, 0.15) is 33.6 Å². The van der Waals surface area contributed by atoms with Gasteiger partial charge in [-0.2, -0.15) is 0 Å². The SMILES string of the molecule is CN(C(=O)OC(C)(C)C)[C@@H](CCCNC(N)=O)C(=O)O. The summed E-state index contributed by atoms with van der Waals surface area (Å²) in [5.74, 6) is -1.13. The van der Waals surface area contributed by atoms with Gasteiger partial charge in [0.1, 0.15) is 11.6 Å². The van der Waals surface area contributed by atoms with E-state index in [2.05, 4.69) is 5.32 Å². The van der Waals surface area contributed by atoms with Crippen molar-refractivity contribution in [1.82, 2.24) is 10.2 Å². The van der Waals surface area contributed by atoms with Crippen molar-refractivity contribution in [3.8, 4) is 0 Å². The van der Waals surface area contributed by atoms with Gasteiger partial charge in [-0.1, -0.05) is 0 Å². The largest absolute Gasteiger partial charge is 0.480 e. The maximum absolute atomic E-state index is 11.8. The molecule has 0 aliphatic heterocycles. The molecule has 0 rings (SSSR count). The van der Waals surface area contributed by atoms with Crippen molar-refractivity contribution in [2.24, 2.45) is 5.73 Å². The van der Waals surface area contributed by atoms with Crippen LogP contribution in [0.5, 0.6) is 0 Å². The first-order valence-corrected chi connectivity index (χ1v) is 6.26. The monoisotopic (exact) mass is 289 g/mol. The van der Waals surface area contributed by atoms with Crippen LogP contribution in [0.15, 0.2) is 0 Å². The number of urea groups is 1. The lowest BCUT2D eigenvalue weighted by Crippen LogP contribution is -2.45. The second kappa shape index (κ2) is 7.56. The Morgan fingerprint density at radius 2 is 1.90 bits per heavy atom. The molecular weight excluding hydrogens is 266 g/mol. The fourth-order valence-corrected chi connectivity index (χ4v) is 1.45. The van der Waals surface area contributed by atoms with Gasteiger partial charge in [-0.25, -0.2) is 14.4 Å². The van der Waals surface area contributed by atoms with E-state index < -0.39 is 29.7 Å². The highest BCUT2D eigenvalue weighted by Crippen LogP contribution is 2.13. The average Bonchev–Trinajstić information content (AvgIpc) is 2.24. The number of nitrogens with zero attached hydrogens (tertiary/aromatic N) is 1. The van der Waals surface area contributed by atoms with Crippen molar-refractivity contribution in [3.05, 3.63) is 0 Å². The van der Waals surface area contributed by atoms with Crippen molar-refractivity contribution in [3.63, 3.8) is 0 Å². The quantitative estimate of drug-likeness (QED) is 0.623. The molecule has 0 aliphatic carbocycles. The van der Waals surface area contributed by atoms with E-state index in [0.717, 1.165) is 4.90 Å². The predicted molar refractivity (Wildman–Crippen MR) is 72.2 cm³/mol. The number of nitrogens with two attached hydrogens (primary N) is 1. The van der Waals surface area contributed by atoms with Gasteiger partial charge in [0.05, 0.1) is 0 Å². The van der Waals surface area contributed by atoms with Crippen LogP contribution in [0, 0.1) is 0 Å². The smallest absolute Gasteiger partial charge is 0.410 e. The number of ether oxygens (including phenoxy) is 1. The van der Waals surface area contributed by atoms with Gasteiger partial charge >= 0.3 is 18.1 Å². The summed E-state index contributed by atoms with van der Waals surface area (Å²) in [6.45, 7) is 5.35. The van der Waals surface area contributed by atoms with Crippen LogP contribution in [-0.2, 0) is 9.53 Å². The molecule has 0 unspecified atom stereocenters. The fraction of sp³-hybridized carbons (Fsp3) is 0.750. The molecule has 0 saturated carbocycles. The number of nitrogens with one attached hydrogen (secondary N) is 1. The van der Waals surface area contributed by atoms with Crippen molar-refractivity contribution in [2.45, 2.75) is 45.3 Å². The molecule has 4 N–H and O–H groups in total. The van der Waals surface area contributed by atoms with E-state index in [0.29, 0.717) is 6.42 Å². The van der Waals surface area contributed by atoms with Crippen LogP contribution >= 0.6 is 0 Å². The molecule has 0 aromatic heterocycles. The zero-order valence-corrected chi connectivity index (χ0v) is 12.3. The Balaban J connectivity index is 4.47. The van der Waals surface area contributed by atoms with Gasteiger partial charge in [0.15, 0.2) is 0 Å². The number of likely N-dealkylation sites (N-methyl/N-ethyl adjacent to an activating group) is 1. The number of carbonyl (C=O) groups is 3. The maximum Gasteiger partial charge on any atom is 0.410 e. The highest BCUT2D eigenvalue weighted by atomic mass is 16.6. The lowest BCUT2D eigenvalue weighted by Gasteiger charge is -2.28. The second-order valence-corrected chi connectivity index (χ2v) is 5.38. The van der Waals surface area contributed by atoms with Gasteiger partial charge < -0.3 is 20.9 Å². The molecule has 0 aromatic carbocycles. The van der Waals surface area contributed by atoms with E-state index in [9.17, 15) is 14.4 Å². The summed E-state index contributed by atoms with van der Waals surface area (Å²) >= 11 is 0. The number of primary amides is 1. The van der Waals surface area contributed by atoms with Crippen LogP contribution in [0.25, 0.3) is 0 Å². The Morgan fingerprint density at radius 1 is 1.35 bits per heavy atom. The van der Waals surface area contributed by atoms with Gasteiger partial charge in [-0.3, -0.25) is 4.90 Å². The molecule has 116 valence electrons. The van der Waals surface area contributed by atoms with Crippen LogP contribution in [0.2, 0.25) is 0 Å². The third kappa shape index (κ3) is 7.45. The molecule has 0 spiro atoms. The summed E-state index contributed by atoms with van der Waals surface area (Å²) in [4.78, 5) is 34.5. The van der Waals surface area contributed by atoms with Crippen molar-refractivity contribution >= 4 is 18.1 Å². The minimum absolute atomic E-state index is 0.186. The third-order valence-corrected chi connectivity index (χ3v) is 2.39. The van der Waals surface area contributed by atoms with E-state index in [4.69, 9.17) is 15.6 Å². The summed E-state index contributed by atoms with van der Waals surface area (Å²) < 4.78 is 5.11. The Morgan fingerprint density at radius 3 is 2.30 bits per heavy atom. The van der Waals surface area contributed by atoms with Crippen LogP contribution in [0.3, 0.4) is 0 Å². The molecule has 0 aromatic rings. The molecule has 0 bridgehead atoms. The Labute approximate surface area is 118 Å². The van der Waals surface area contributed by atoms with E-state index in [1.54, 1.807) is 20.8 Å². The molecule has 1 atom stereocenters. The minimum Gasteiger partial charge on any atom is -0.480 e. The molecule has 8 heteroatoms. The van der Waals surface area contributed by atoms with E-state index >= 15 is 0 Å². The Hall–Kier alpha value is -1.99. The lowest BCUT2D eigenvalue weighted by atomic mass is 10.1. The van der Waals surface area contributed by atoms with E-state index in [-0.39, 0.29) is 13.0 Å². The summed E-state index contributed by atoms with van der Waals surface area (Å²) in [7, 11) is 1.37. The topological polar surface area (TPSA) is 122 Å². The molecule has 0 aliphatic rings. The predicted octanol–water partition coefficient (Wildman–Crippen LogP) is 0.755. The van der Waals surface area contributed by atoms with Gasteiger partial charge in [0, 0.05) is 13.6 Å². The van der Waals surface area contributed by atoms with Gasteiger partial charge in [0.2, 0.25) is 0 Å². The van der Waals surface area contributed by atoms with Gasteiger partial charge in [0.25, 0.3) is 0 Å². The fourth-order valence-electron chi connectivity index (χ4n) is 1.45. The highest BCUT2D eigenvalue weighted by Gasteiger charge is 2.29. The van der Waals surface area contributed by atoms with Crippen molar-refractivity contribution in [1.29, 1.82) is 0 Å². The molecule has 8 nitrogen and oxygen atoms in total. The second-order valence-electron chi connectivity index (χ2n) is 5.38. The number of hydrogen-bond acceptors (Lipinski definition) is 4. The van der Waals surface area contributed by atoms with E-state index in [1.165, 1.54) is 7.05 Å². The molecule has 0 heterocycles. The average molecular weight is 289 g/mol. The lowest BCUT2D eigenvalue weighted by molar-refractivity contribution is -0.142. The first-order valence-electron chi connectivity index (χ1n) is 6.26. The molecule has 0 fully saturated rings. The van der Waals surface area contributed by atoms with Crippen molar-refractivity contribution < 1.29 is 24.2 Å². The zero-order chi connectivity index (χ0) is 15.9. The maximum atomic E-state index is 11.8. The van der Waals surface area contributed by atoms with Crippen molar-refractivity contribution in [2.75, 3.05) is 13.6 Å².